The second-order valence-corrected chi connectivity index (χ2v) is 5.69. The summed E-state index contributed by atoms with van der Waals surface area (Å²) < 4.78 is 32.4. The normalized spacial score (nSPS) is 11.3. The third-order valence-corrected chi connectivity index (χ3v) is 1.95. The first kappa shape index (κ1) is 17.6. The zero-order valence-electron chi connectivity index (χ0n) is 10.1. The van der Waals surface area contributed by atoms with Gasteiger partial charge in [0.1, 0.15) is 5.60 Å². The molecule has 0 aromatic carbocycles. The van der Waals surface area contributed by atoms with Crippen LogP contribution in [0.1, 0.15) is 40.5 Å². The van der Waals surface area contributed by atoms with Gasteiger partial charge in [0.05, 0.1) is 5.75 Å². The molecule has 0 aliphatic carbocycles. The molecule has 98 valence electrons. The Morgan fingerprint density at radius 3 is 1.81 bits per heavy atom. The van der Waals surface area contributed by atoms with Crippen LogP contribution in [-0.4, -0.2) is 35.6 Å². The zero-order chi connectivity index (χ0) is 13.4. The van der Waals surface area contributed by atoms with Crippen LogP contribution in [-0.2, 0) is 14.9 Å². The van der Waals surface area contributed by atoms with Crippen LogP contribution in [0.15, 0.2) is 0 Å². The van der Waals surface area contributed by atoms with E-state index < -0.39 is 21.9 Å². The van der Waals surface area contributed by atoms with E-state index in [0.717, 1.165) is 6.42 Å². The van der Waals surface area contributed by atoms with Gasteiger partial charge >= 0.3 is 6.16 Å². The van der Waals surface area contributed by atoms with Gasteiger partial charge in [-0.05, 0) is 27.2 Å². The molecule has 0 atom stereocenters. The van der Waals surface area contributed by atoms with Crippen molar-refractivity contribution in [2.75, 3.05) is 5.75 Å². The Balaban J connectivity index is 0. The lowest BCUT2D eigenvalue weighted by atomic mass is 10.2. The molecule has 0 aromatic heterocycles. The maximum absolute atomic E-state index is 9.95. The molecular formula is C9H20O6S. The minimum absolute atomic E-state index is 0.108. The lowest BCUT2D eigenvalue weighted by Crippen LogP contribution is -2.22. The maximum atomic E-state index is 9.95. The highest BCUT2D eigenvalue weighted by atomic mass is 32.2. The molecular weight excluding hydrogens is 236 g/mol. The molecule has 0 amide bonds. The number of hydrogen-bond acceptors (Lipinski definition) is 4. The summed E-state index contributed by atoms with van der Waals surface area (Å²) in [6, 6.07) is 0. The average molecular weight is 256 g/mol. The molecule has 2 N–H and O–H groups in total. The van der Waals surface area contributed by atoms with Crippen LogP contribution in [0.5, 0.6) is 0 Å². The molecule has 0 bridgehead atoms. The largest absolute Gasteiger partial charge is 0.506 e. The smallest absolute Gasteiger partial charge is 0.450 e. The Hall–Kier alpha value is -0.820. The van der Waals surface area contributed by atoms with E-state index in [1.54, 1.807) is 20.8 Å². The van der Waals surface area contributed by atoms with E-state index in [1.165, 1.54) is 0 Å². The predicted octanol–water partition coefficient (Wildman–Crippen LogP) is 2.15. The highest BCUT2D eigenvalue weighted by Gasteiger charge is 2.13. The first-order valence-electron chi connectivity index (χ1n) is 4.85. The van der Waals surface area contributed by atoms with Gasteiger partial charge in [-0.25, -0.2) is 4.79 Å². The van der Waals surface area contributed by atoms with Gasteiger partial charge in [0.2, 0.25) is 0 Å². The average Bonchev–Trinajstić information content (AvgIpc) is 1.95. The van der Waals surface area contributed by atoms with Crippen molar-refractivity contribution >= 4 is 16.3 Å². The number of unbranched alkanes of at least 4 members (excludes halogenated alkanes) is 1. The van der Waals surface area contributed by atoms with Crippen molar-refractivity contribution in [1.82, 2.24) is 0 Å². The van der Waals surface area contributed by atoms with E-state index in [2.05, 4.69) is 4.74 Å². The van der Waals surface area contributed by atoms with Crippen molar-refractivity contribution in [3.63, 3.8) is 0 Å². The van der Waals surface area contributed by atoms with Crippen LogP contribution < -0.4 is 0 Å². The Labute approximate surface area is 96.4 Å². The summed E-state index contributed by atoms with van der Waals surface area (Å²) in [4.78, 5) is 9.79. The molecule has 6 nitrogen and oxygen atoms in total. The van der Waals surface area contributed by atoms with Crippen molar-refractivity contribution in [2.45, 2.75) is 46.1 Å². The molecule has 0 saturated heterocycles. The summed E-state index contributed by atoms with van der Waals surface area (Å²) in [7, 11) is -3.69. The minimum Gasteiger partial charge on any atom is -0.450 e. The first-order valence-corrected chi connectivity index (χ1v) is 6.46. The SMILES string of the molecule is CC(C)(C)OC(=O)O.CCCCS(=O)(=O)O. The van der Waals surface area contributed by atoms with Gasteiger partial charge < -0.3 is 9.84 Å². The standard InChI is InChI=1S/C5H10O3.C4H10O3S/c1-5(2,3)8-4(6)7;1-2-3-4-8(5,6)7/h1-3H3,(H,6,7);2-4H2,1H3,(H,5,6,7). The molecule has 0 spiro atoms. The molecule has 0 aliphatic heterocycles. The Kier molecular flexibility index (Phi) is 8.18. The molecule has 0 saturated carbocycles. The third-order valence-electron chi connectivity index (χ3n) is 1.15. The van der Waals surface area contributed by atoms with Gasteiger partial charge in [0.25, 0.3) is 10.1 Å². The van der Waals surface area contributed by atoms with Gasteiger partial charge in [0.15, 0.2) is 0 Å². The van der Waals surface area contributed by atoms with Gasteiger partial charge in [-0.15, -0.1) is 0 Å². The molecule has 0 rings (SSSR count). The molecule has 0 unspecified atom stereocenters. The van der Waals surface area contributed by atoms with Crippen LogP contribution in [0.4, 0.5) is 4.79 Å². The highest BCUT2D eigenvalue weighted by Crippen LogP contribution is 2.05. The zero-order valence-corrected chi connectivity index (χ0v) is 10.9. The number of carboxylic acid groups (broad SMARTS) is 1. The minimum atomic E-state index is -3.69. The van der Waals surface area contributed by atoms with Crippen LogP contribution in [0.2, 0.25) is 0 Å². The van der Waals surface area contributed by atoms with Crippen molar-refractivity contribution in [3.05, 3.63) is 0 Å². The fourth-order valence-electron chi connectivity index (χ4n) is 0.589. The highest BCUT2D eigenvalue weighted by molar-refractivity contribution is 7.85. The summed E-state index contributed by atoms with van der Waals surface area (Å²) in [5.74, 6) is -0.108. The molecule has 0 aliphatic rings. The van der Waals surface area contributed by atoms with Gasteiger partial charge in [0, 0.05) is 0 Å². The summed E-state index contributed by atoms with van der Waals surface area (Å²) >= 11 is 0. The molecule has 16 heavy (non-hydrogen) atoms. The molecule has 0 fully saturated rings. The van der Waals surface area contributed by atoms with Crippen LogP contribution in [0.3, 0.4) is 0 Å². The second kappa shape index (κ2) is 7.45. The van der Waals surface area contributed by atoms with E-state index in [0.29, 0.717) is 6.42 Å². The number of hydrogen-bond donors (Lipinski definition) is 2. The summed E-state index contributed by atoms with van der Waals surface area (Å²) in [5, 5.41) is 8.03. The predicted molar refractivity (Wildman–Crippen MR) is 60.2 cm³/mol. The van der Waals surface area contributed by atoms with Crippen LogP contribution in [0, 0.1) is 0 Å². The number of rotatable bonds is 3. The Bertz CT molecular complexity index is 288. The lowest BCUT2D eigenvalue weighted by Gasteiger charge is -2.15. The molecule has 0 radical (unpaired) electrons. The van der Waals surface area contributed by atoms with E-state index in [-0.39, 0.29) is 5.75 Å². The summed E-state index contributed by atoms with van der Waals surface area (Å²) in [5.41, 5.74) is -0.578. The van der Waals surface area contributed by atoms with Gasteiger partial charge in [-0.1, -0.05) is 13.3 Å². The molecule has 0 heterocycles. The van der Waals surface area contributed by atoms with Gasteiger partial charge in [-0.2, -0.15) is 8.42 Å². The second-order valence-electron chi connectivity index (χ2n) is 4.12. The quantitative estimate of drug-likeness (QED) is 0.592. The first-order chi connectivity index (χ1) is 6.98. The lowest BCUT2D eigenvalue weighted by molar-refractivity contribution is 0.0150. The van der Waals surface area contributed by atoms with E-state index >= 15 is 0 Å². The Morgan fingerprint density at radius 1 is 1.31 bits per heavy atom. The fraction of sp³-hybridized carbons (Fsp3) is 0.889. The number of carbonyl (C=O) groups is 1. The van der Waals surface area contributed by atoms with Crippen molar-refractivity contribution in [2.24, 2.45) is 0 Å². The summed E-state index contributed by atoms with van der Waals surface area (Å²) in [6.07, 6.45) is 0.107. The van der Waals surface area contributed by atoms with Crippen LogP contribution in [0.25, 0.3) is 0 Å². The van der Waals surface area contributed by atoms with Gasteiger partial charge in [-0.3, -0.25) is 4.55 Å². The van der Waals surface area contributed by atoms with Crippen molar-refractivity contribution in [3.8, 4) is 0 Å². The van der Waals surface area contributed by atoms with Crippen LogP contribution >= 0.6 is 0 Å². The fourth-order valence-corrected chi connectivity index (χ4v) is 1.24. The Morgan fingerprint density at radius 2 is 1.75 bits per heavy atom. The topological polar surface area (TPSA) is 101 Å². The van der Waals surface area contributed by atoms with E-state index in [9.17, 15) is 13.2 Å². The van der Waals surface area contributed by atoms with E-state index in [1.807, 2.05) is 6.92 Å². The van der Waals surface area contributed by atoms with Crippen molar-refractivity contribution < 1.29 is 27.6 Å². The van der Waals surface area contributed by atoms with Crippen molar-refractivity contribution in [1.29, 1.82) is 0 Å². The number of ether oxygens (including phenoxy) is 1. The van der Waals surface area contributed by atoms with E-state index in [4.69, 9.17) is 9.66 Å². The monoisotopic (exact) mass is 256 g/mol. The maximum Gasteiger partial charge on any atom is 0.506 e. The summed E-state index contributed by atoms with van der Waals surface area (Å²) in [6.45, 7) is 6.91. The third kappa shape index (κ3) is 23.2. The molecule has 0 aromatic rings. The molecule has 7 heteroatoms.